The number of nitrogens with zero attached hydrogens (tertiary/aromatic N) is 2. The van der Waals surface area contributed by atoms with Crippen molar-refractivity contribution in [1.82, 2.24) is 4.98 Å². The average molecular weight is 243 g/mol. The largest absolute Gasteiger partial charge is 0.396 e. The van der Waals surface area contributed by atoms with Gasteiger partial charge in [-0.05, 0) is 22.0 Å². The summed E-state index contributed by atoms with van der Waals surface area (Å²) in [6.45, 7) is 2.18. The van der Waals surface area contributed by atoms with Gasteiger partial charge in [0.2, 0.25) is 0 Å². The molecule has 2 rings (SSSR count). The van der Waals surface area contributed by atoms with E-state index in [2.05, 4.69) is 25.8 Å². The van der Waals surface area contributed by atoms with E-state index in [1.54, 1.807) is 12.4 Å². The predicted molar refractivity (Wildman–Crippen MR) is 54.7 cm³/mol. The Bertz CT molecular complexity index is 299. The summed E-state index contributed by atoms with van der Waals surface area (Å²) in [4.78, 5) is 6.23. The molecule has 1 aromatic heterocycles. The standard InChI is InChI=1S/C9H11BrN2O/c10-8-3-11-2-1-9(8)12-4-7(5-12)6-13/h1-3,7,13H,4-6H2. The van der Waals surface area contributed by atoms with Crippen LogP contribution in [0.2, 0.25) is 0 Å². The van der Waals surface area contributed by atoms with Crippen LogP contribution in [-0.4, -0.2) is 29.8 Å². The molecule has 1 aliphatic heterocycles. The van der Waals surface area contributed by atoms with Gasteiger partial charge in [0.15, 0.2) is 0 Å². The molecule has 70 valence electrons. The van der Waals surface area contributed by atoms with Gasteiger partial charge in [-0.3, -0.25) is 4.98 Å². The molecule has 0 atom stereocenters. The molecule has 1 aromatic rings. The first-order valence-electron chi connectivity index (χ1n) is 4.26. The topological polar surface area (TPSA) is 36.4 Å². The van der Waals surface area contributed by atoms with Crippen LogP contribution in [0.5, 0.6) is 0 Å². The number of halogens is 1. The van der Waals surface area contributed by atoms with Crippen LogP contribution in [0.25, 0.3) is 0 Å². The van der Waals surface area contributed by atoms with Gasteiger partial charge in [0.05, 0.1) is 10.2 Å². The van der Waals surface area contributed by atoms with E-state index in [0.29, 0.717) is 12.5 Å². The Balaban J connectivity index is 2.07. The van der Waals surface area contributed by atoms with Crippen LogP contribution in [0.3, 0.4) is 0 Å². The minimum atomic E-state index is 0.291. The highest BCUT2D eigenvalue weighted by Crippen LogP contribution is 2.30. The summed E-state index contributed by atoms with van der Waals surface area (Å²) in [5.41, 5.74) is 1.17. The minimum Gasteiger partial charge on any atom is -0.396 e. The van der Waals surface area contributed by atoms with Crippen LogP contribution in [0.1, 0.15) is 0 Å². The molecule has 0 amide bonds. The van der Waals surface area contributed by atoms with E-state index in [4.69, 9.17) is 5.11 Å². The number of aromatic nitrogens is 1. The fourth-order valence-corrected chi connectivity index (χ4v) is 2.01. The summed E-state index contributed by atoms with van der Waals surface area (Å²) in [5, 5.41) is 8.87. The van der Waals surface area contributed by atoms with E-state index < -0.39 is 0 Å². The van der Waals surface area contributed by atoms with Crippen molar-refractivity contribution < 1.29 is 5.11 Å². The van der Waals surface area contributed by atoms with E-state index in [1.807, 2.05) is 6.07 Å². The number of rotatable bonds is 2. The third kappa shape index (κ3) is 1.69. The van der Waals surface area contributed by atoms with E-state index in [0.717, 1.165) is 17.6 Å². The monoisotopic (exact) mass is 242 g/mol. The summed E-state index contributed by atoms with van der Waals surface area (Å²) in [7, 11) is 0. The van der Waals surface area contributed by atoms with Gasteiger partial charge in [0, 0.05) is 38.0 Å². The van der Waals surface area contributed by atoms with E-state index >= 15 is 0 Å². The van der Waals surface area contributed by atoms with Crippen molar-refractivity contribution in [2.45, 2.75) is 0 Å². The SMILES string of the molecule is OCC1CN(c2ccncc2Br)C1. The zero-order chi connectivity index (χ0) is 9.26. The van der Waals surface area contributed by atoms with Gasteiger partial charge < -0.3 is 10.0 Å². The Kier molecular flexibility index (Phi) is 2.51. The highest BCUT2D eigenvalue weighted by Gasteiger charge is 2.26. The molecule has 0 radical (unpaired) electrons. The molecule has 3 nitrogen and oxygen atoms in total. The number of aliphatic hydroxyl groups excluding tert-OH is 1. The maximum Gasteiger partial charge on any atom is 0.0592 e. The second kappa shape index (κ2) is 3.64. The Labute approximate surface area is 85.5 Å². The normalized spacial score (nSPS) is 17.2. The first kappa shape index (κ1) is 8.97. The van der Waals surface area contributed by atoms with Gasteiger partial charge in [0.1, 0.15) is 0 Å². The predicted octanol–water partition coefficient (Wildman–Crippen LogP) is 1.27. The molecule has 0 unspecified atom stereocenters. The maximum absolute atomic E-state index is 8.87. The van der Waals surface area contributed by atoms with Gasteiger partial charge in [-0.25, -0.2) is 0 Å². The number of pyridine rings is 1. The quantitative estimate of drug-likeness (QED) is 0.849. The molecule has 0 spiro atoms. The molecule has 0 saturated carbocycles. The highest BCUT2D eigenvalue weighted by atomic mass is 79.9. The number of hydrogen-bond acceptors (Lipinski definition) is 3. The van der Waals surface area contributed by atoms with Gasteiger partial charge >= 0.3 is 0 Å². The smallest absolute Gasteiger partial charge is 0.0592 e. The lowest BCUT2D eigenvalue weighted by Gasteiger charge is -2.40. The second-order valence-corrected chi connectivity index (χ2v) is 4.14. The first-order chi connectivity index (χ1) is 6.31. The van der Waals surface area contributed by atoms with Crippen LogP contribution in [0.15, 0.2) is 22.9 Å². The third-order valence-corrected chi connectivity index (χ3v) is 2.92. The lowest BCUT2D eigenvalue weighted by Crippen LogP contribution is -2.48. The van der Waals surface area contributed by atoms with E-state index in [-0.39, 0.29) is 0 Å². The molecule has 2 heterocycles. The molecule has 1 aliphatic rings. The molecule has 0 aliphatic carbocycles. The van der Waals surface area contributed by atoms with Crippen molar-refractivity contribution in [3.63, 3.8) is 0 Å². The van der Waals surface area contributed by atoms with Gasteiger partial charge in [-0.15, -0.1) is 0 Å². The molecule has 0 aromatic carbocycles. The molecule has 1 saturated heterocycles. The Hall–Kier alpha value is -0.610. The number of aliphatic hydroxyl groups is 1. The van der Waals surface area contributed by atoms with Crippen LogP contribution < -0.4 is 4.90 Å². The molecule has 1 N–H and O–H groups in total. The zero-order valence-electron chi connectivity index (χ0n) is 7.15. The fraction of sp³-hybridized carbons (Fsp3) is 0.444. The Morgan fingerprint density at radius 1 is 1.62 bits per heavy atom. The zero-order valence-corrected chi connectivity index (χ0v) is 8.74. The van der Waals surface area contributed by atoms with Crippen molar-refractivity contribution in [1.29, 1.82) is 0 Å². The minimum absolute atomic E-state index is 0.291. The van der Waals surface area contributed by atoms with Crippen LogP contribution in [-0.2, 0) is 0 Å². The van der Waals surface area contributed by atoms with Crippen LogP contribution in [0, 0.1) is 5.92 Å². The fourth-order valence-electron chi connectivity index (χ4n) is 1.51. The number of hydrogen-bond donors (Lipinski definition) is 1. The Morgan fingerprint density at radius 3 is 3.00 bits per heavy atom. The summed E-state index contributed by atoms with van der Waals surface area (Å²) < 4.78 is 1.02. The second-order valence-electron chi connectivity index (χ2n) is 3.28. The summed E-state index contributed by atoms with van der Waals surface area (Å²) in [6.07, 6.45) is 3.58. The molecule has 0 bridgehead atoms. The first-order valence-corrected chi connectivity index (χ1v) is 5.06. The van der Waals surface area contributed by atoms with Crippen molar-refractivity contribution in [2.75, 3.05) is 24.6 Å². The van der Waals surface area contributed by atoms with E-state index in [1.165, 1.54) is 5.69 Å². The molecule has 1 fully saturated rings. The van der Waals surface area contributed by atoms with Crippen molar-refractivity contribution in [2.24, 2.45) is 5.92 Å². The number of anilines is 1. The van der Waals surface area contributed by atoms with Gasteiger partial charge in [-0.2, -0.15) is 0 Å². The third-order valence-electron chi connectivity index (χ3n) is 2.31. The summed E-state index contributed by atoms with van der Waals surface area (Å²) in [5.74, 6) is 0.445. The summed E-state index contributed by atoms with van der Waals surface area (Å²) >= 11 is 3.45. The average Bonchev–Trinajstić information content (AvgIpc) is 2.06. The summed E-state index contributed by atoms with van der Waals surface area (Å²) in [6, 6.07) is 1.98. The van der Waals surface area contributed by atoms with Crippen LogP contribution >= 0.6 is 15.9 Å². The maximum atomic E-state index is 8.87. The molecule has 13 heavy (non-hydrogen) atoms. The van der Waals surface area contributed by atoms with Crippen molar-refractivity contribution >= 4 is 21.6 Å². The Morgan fingerprint density at radius 2 is 2.38 bits per heavy atom. The van der Waals surface area contributed by atoms with Crippen molar-refractivity contribution in [3.8, 4) is 0 Å². The van der Waals surface area contributed by atoms with Gasteiger partial charge in [-0.1, -0.05) is 0 Å². The van der Waals surface area contributed by atoms with E-state index in [9.17, 15) is 0 Å². The lowest BCUT2D eigenvalue weighted by atomic mass is 10.0. The highest BCUT2D eigenvalue weighted by molar-refractivity contribution is 9.10. The lowest BCUT2D eigenvalue weighted by molar-refractivity contribution is 0.200. The van der Waals surface area contributed by atoms with Gasteiger partial charge in [0.25, 0.3) is 0 Å². The molecular formula is C9H11BrN2O. The molecular weight excluding hydrogens is 232 g/mol. The van der Waals surface area contributed by atoms with Crippen LogP contribution in [0.4, 0.5) is 5.69 Å². The molecule has 4 heteroatoms. The van der Waals surface area contributed by atoms with Crippen molar-refractivity contribution in [3.05, 3.63) is 22.9 Å².